The molecule has 1 aliphatic rings. The summed E-state index contributed by atoms with van der Waals surface area (Å²) in [5, 5.41) is 8.93. The summed E-state index contributed by atoms with van der Waals surface area (Å²) >= 11 is 0. The maximum Gasteiger partial charge on any atom is 0.0606 e. The molecule has 4 aromatic heterocycles. The van der Waals surface area contributed by atoms with Crippen LogP contribution < -0.4 is 0 Å². The Hall–Kier alpha value is -8.34. The van der Waals surface area contributed by atoms with Crippen LogP contribution in [0.5, 0.6) is 0 Å². The van der Waals surface area contributed by atoms with Crippen molar-refractivity contribution in [3.63, 3.8) is 0 Å². The maximum atomic E-state index is 2.56. The molecule has 65 heavy (non-hydrogen) atoms. The third-order valence-corrected chi connectivity index (χ3v) is 14.4. The number of allylic oxidation sites excluding steroid dienone is 1. The van der Waals surface area contributed by atoms with Crippen LogP contribution in [0.1, 0.15) is 30.1 Å². The molecule has 13 aromatic rings. The molecule has 4 heterocycles. The summed E-state index contributed by atoms with van der Waals surface area (Å²) in [5.41, 5.74) is 17.1. The van der Waals surface area contributed by atoms with Crippen molar-refractivity contribution in [1.82, 2.24) is 18.3 Å². The van der Waals surface area contributed by atoms with Crippen LogP contribution in [0.2, 0.25) is 0 Å². The minimum Gasteiger partial charge on any atom is -0.333 e. The van der Waals surface area contributed by atoms with Gasteiger partial charge in [-0.15, -0.1) is 0 Å². The van der Waals surface area contributed by atoms with Crippen LogP contribution in [0.15, 0.2) is 218 Å². The van der Waals surface area contributed by atoms with Crippen LogP contribution in [-0.2, 0) is 0 Å². The van der Waals surface area contributed by atoms with Crippen LogP contribution in [0.3, 0.4) is 0 Å². The lowest BCUT2D eigenvalue weighted by Crippen LogP contribution is -2.19. The summed E-state index contributed by atoms with van der Waals surface area (Å²) < 4.78 is 9.92. The van der Waals surface area contributed by atoms with E-state index in [0.717, 1.165) is 11.4 Å². The molecule has 0 spiro atoms. The predicted octanol–water partition coefficient (Wildman–Crippen LogP) is 16.0. The predicted molar refractivity (Wildman–Crippen MR) is 273 cm³/mol. The largest absolute Gasteiger partial charge is 0.333 e. The Kier molecular flexibility index (Phi) is 7.70. The average molecular weight is 831 g/mol. The van der Waals surface area contributed by atoms with Crippen molar-refractivity contribution in [2.45, 2.75) is 18.9 Å². The van der Waals surface area contributed by atoms with Gasteiger partial charge < -0.3 is 18.3 Å². The van der Waals surface area contributed by atoms with Crippen molar-refractivity contribution >= 4 is 82.4 Å². The molecular formula is C61H42N4. The van der Waals surface area contributed by atoms with Gasteiger partial charge in [0.25, 0.3) is 0 Å². The van der Waals surface area contributed by atoms with Gasteiger partial charge in [-0.25, -0.2) is 0 Å². The van der Waals surface area contributed by atoms with Crippen LogP contribution in [-0.4, -0.2) is 18.3 Å². The molecule has 1 aliphatic carbocycles. The molecule has 4 nitrogen and oxygen atoms in total. The van der Waals surface area contributed by atoms with Crippen molar-refractivity contribution in [2.75, 3.05) is 0 Å². The summed E-state index contributed by atoms with van der Waals surface area (Å²) in [5.74, 6) is 0.215. The first kappa shape index (κ1) is 36.2. The summed E-state index contributed by atoms with van der Waals surface area (Å²) in [6.07, 6.45) is 4.81. The highest BCUT2D eigenvalue weighted by Crippen LogP contribution is 2.46. The Bertz CT molecular complexity index is 3970. The summed E-state index contributed by atoms with van der Waals surface area (Å²) in [7, 11) is 0. The Morgan fingerprint density at radius 1 is 0.323 bits per heavy atom. The van der Waals surface area contributed by atoms with Gasteiger partial charge in [0.1, 0.15) is 0 Å². The number of para-hydroxylation sites is 6. The normalized spacial score (nSPS) is 15.1. The van der Waals surface area contributed by atoms with E-state index in [0.29, 0.717) is 0 Å². The lowest BCUT2D eigenvalue weighted by Gasteiger charge is -2.30. The van der Waals surface area contributed by atoms with E-state index in [2.05, 4.69) is 250 Å². The van der Waals surface area contributed by atoms with Crippen LogP contribution >= 0.6 is 0 Å². The van der Waals surface area contributed by atoms with E-state index in [4.69, 9.17) is 0 Å². The second-order valence-electron chi connectivity index (χ2n) is 17.7. The molecule has 0 saturated heterocycles. The van der Waals surface area contributed by atoms with Crippen molar-refractivity contribution in [3.8, 4) is 28.2 Å². The topological polar surface area (TPSA) is 19.7 Å². The second-order valence-corrected chi connectivity index (χ2v) is 17.7. The third kappa shape index (κ3) is 5.19. The van der Waals surface area contributed by atoms with Crippen LogP contribution in [0.25, 0.3) is 111 Å². The standard InChI is InChI=1S/C61H42N4/c1-39-53(65-58-24-12-5-16-47(58)48-17-6-13-25-59(48)65)37-36-52-50-19-7-11-23-57(50)64(61(39)52)43-32-28-41(29-33-43)40-26-30-42(31-27-40)62-54-20-8-4-18-49(54)51-35-34-44(38-60(51)62)63-55-21-9-2-14-45(55)46-15-3-10-22-56(46)63/h2-39,53H,1H3. The fraction of sp³-hybridized carbons (Fsp3) is 0.0492. The number of rotatable bonds is 5. The van der Waals surface area contributed by atoms with Gasteiger partial charge in [0.2, 0.25) is 0 Å². The number of fused-ring (bicyclic) bond motifs is 12. The van der Waals surface area contributed by atoms with E-state index in [1.807, 2.05) is 0 Å². The van der Waals surface area contributed by atoms with Gasteiger partial charge in [-0.3, -0.25) is 0 Å². The molecule has 0 N–H and O–H groups in total. The van der Waals surface area contributed by atoms with Crippen molar-refractivity contribution in [1.29, 1.82) is 0 Å². The highest BCUT2D eigenvalue weighted by Gasteiger charge is 2.32. The van der Waals surface area contributed by atoms with E-state index < -0.39 is 0 Å². The Labute approximate surface area is 375 Å². The van der Waals surface area contributed by atoms with Crippen LogP contribution in [0.4, 0.5) is 0 Å². The second kappa shape index (κ2) is 13.8. The van der Waals surface area contributed by atoms with E-state index in [1.165, 1.54) is 104 Å². The minimum atomic E-state index is 0.155. The zero-order valence-corrected chi connectivity index (χ0v) is 35.8. The van der Waals surface area contributed by atoms with Crippen molar-refractivity contribution in [2.24, 2.45) is 0 Å². The highest BCUT2D eigenvalue weighted by molar-refractivity contribution is 6.12. The summed E-state index contributed by atoms with van der Waals surface area (Å²) in [4.78, 5) is 0. The van der Waals surface area contributed by atoms with E-state index >= 15 is 0 Å². The number of aromatic nitrogens is 4. The molecular weight excluding hydrogens is 789 g/mol. The number of hydrogen-bond acceptors (Lipinski definition) is 0. The van der Waals surface area contributed by atoms with Gasteiger partial charge in [0, 0.05) is 83.0 Å². The summed E-state index contributed by atoms with van der Waals surface area (Å²) in [6.45, 7) is 2.41. The minimum absolute atomic E-state index is 0.155. The number of nitrogens with zero attached hydrogens (tertiary/aromatic N) is 4. The molecule has 2 unspecified atom stereocenters. The molecule has 2 atom stereocenters. The van der Waals surface area contributed by atoms with E-state index in [9.17, 15) is 0 Å². The lowest BCUT2D eigenvalue weighted by molar-refractivity contribution is 0.523. The SMILES string of the molecule is CC1c2c(c3ccccc3n2-c2ccc(-c3ccc(-n4c5ccccc5c5ccc(-n6c7ccccc7c7ccccc76)cc54)cc3)cc2)C=CC1n1c2ccccc2c2ccccc21. The molecule has 0 radical (unpaired) electrons. The zero-order valence-electron chi connectivity index (χ0n) is 35.8. The molecule has 0 saturated carbocycles. The Balaban J connectivity index is 0.846. The molecule has 0 aliphatic heterocycles. The van der Waals surface area contributed by atoms with Crippen molar-refractivity contribution < 1.29 is 0 Å². The molecule has 0 amide bonds. The van der Waals surface area contributed by atoms with E-state index in [-0.39, 0.29) is 12.0 Å². The zero-order chi connectivity index (χ0) is 42.8. The van der Waals surface area contributed by atoms with Gasteiger partial charge in [-0.1, -0.05) is 159 Å². The highest BCUT2D eigenvalue weighted by atomic mass is 15.1. The van der Waals surface area contributed by atoms with Gasteiger partial charge in [-0.05, 0) is 83.9 Å². The maximum absolute atomic E-state index is 2.56. The van der Waals surface area contributed by atoms with E-state index in [1.54, 1.807) is 0 Å². The molecule has 9 aromatic carbocycles. The molecule has 4 heteroatoms. The van der Waals surface area contributed by atoms with Gasteiger partial charge >= 0.3 is 0 Å². The third-order valence-electron chi connectivity index (χ3n) is 14.4. The summed E-state index contributed by atoms with van der Waals surface area (Å²) in [6, 6.07) is 78.3. The molecule has 0 bridgehead atoms. The quantitative estimate of drug-likeness (QED) is 0.165. The van der Waals surface area contributed by atoms with Gasteiger partial charge in [0.15, 0.2) is 0 Å². The van der Waals surface area contributed by atoms with Crippen LogP contribution in [0, 0.1) is 0 Å². The Morgan fingerprint density at radius 3 is 1.20 bits per heavy atom. The van der Waals surface area contributed by atoms with Gasteiger partial charge in [0.05, 0.1) is 33.6 Å². The monoisotopic (exact) mass is 830 g/mol. The first-order valence-corrected chi connectivity index (χ1v) is 22.7. The Morgan fingerprint density at radius 2 is 0.692 bits per heavy atom. The smallest absolute Gasteiger partial charge is 0.0606 e. The lowest BCUT2D eigenvalue weighted by atomic mass is 9.88. The fourth-order valence-corrected chi connectivity index (χ4v) is 11.5. The average Bonchev–Trinajstić information content (AvgIpc) is 4.10. The molecule has 306 valence electrons. The molecule has 0 fully saturated rings. The van der Waals surface area contributed by atoms with Crippen molar-refractivity contribution in [3.05, 3.63) is 230 Å². The number of benzene rings is 9. The number of hydrogen-bond donors (Lipinski definition) is 0. The molecule has 14 rings (SSSR count). The first-order valence-electron chi connectivity index (χ1n) is 22.7. The first-order chi connectivity index (χ1) is 32.2. The fourth-order valence-electron chi connectivity index (χ4n) is 11.5. The van der Waals surface area contributed by atoms with Gasteiger partial charge in [-0.2, -0.15) is 0 Å².